The summed E-state index contributed by atoms with van der Waals surface area (Å²) in [5, 5.41) is 16.4. The first-order valence-corrected chi connectivity index (χ1v) is 16.9. The summed E-state index contributed by atoms with van der Waals surface area (Å²) < 4.78 is 21.0. The summed E-state index contributed by atoms with van der Waals surface area (Å²) in [6.45, 7) is 6.74. The Morgan fingerprint density at radius 2 is 2.05 bits per heavy atom. The number of rotatable bonds is 5. The minimum absolute atomic E-state index is 0.0352. The van der Waals surface area contributed by atoms with Crippen LogP contribution in [0.5, 0.6) is 5.88 Å². The molecule has 0 saturated carbocycles. The number of nitriles is 1. The van der Waals surface area contributed by atoms with Crippen molar-refractivity contribution in [3.05, 3.63) is 39.0 Å². The van der Waals surface area contributed by atoms with E-state index < -0.39 is 0 Å². The molecule has 0 amide bonds. The molecular formula is C33H39N7O3S. The van der Waals surface area contributed by atoms with Gasteiger partial charge in [0, 0.05) is 34.7 Å². The average molecular weight is 614 g/mol. The van der Waals surface area contributed by atoms with Crippen LogP contribution in [0.3, 0.4) is 0 Å². The molecule has 2 aliphatic heterocycles. The van der Waals surface area contributed by atoms with Gasteiger partial charge in [-0.15, -0.1) is 11.3 Å². The van der Waals surface area contributed by atoms with Crippen LogP contribution in [0, 0.1) is 18.3 Å². The molecule has 0 aromatic carbocycles. The van der Waals surface area contributed by atoms with Crippen LogP contribution in [0.15, 0.2) is 10.7 Å². The summed E-state index contributed by atoms with van der Waals surface area (Å²) in [6, 6.07) is 2.96. The molecule has 10 nitrogen and oxygen atoms in total. The first-order valence-electron chi connectivity index (χ1n) is 16.0. The zero-order chi connectivity index (χ0) is 30.2. The molecule has 4 atom stereocenters. The van der Waals surface area contributed by atoms with Crippen LogP contribution < -0.4 is 10.5 Å². The molecule has 4 aromatic heterocycles. The summed E-state index contributed by atoms with van der Waals surface area (Å²) in [6.07, 6.45) is 11.0. The van der Waals surface area contributed by atoms with Gasteiger partial charge in [-0.3, -0.25) is 4.90 Å². The van der Waals surface area contributed by atoms with Gasteiger partial charge in [-0.05, 0) is 96.4 Å². The van der Waals surface area contributed by atoms with Gasteiger partial charge in [0.1, 0.15) is 22.8 Å². The fourth-order valence-corrected chi connectivity index (χ4v) is 9.68. The minimum Gasteiger partial charge on any atom is -0.472 e. The molecule has 2 saturated heterocycles. The van der Waals surface area contributed by atoms with E-state index in [1.165, 1.54) is 11.3 Å². The van der Waals surface area contributed by atoms with E-state index in [0.717, 1.165) is 97.9 Å². The number of nitrogens with zero attached hydrogens (tertiary/aromatic N) is 6. The third-order valence-electron chi connectivity index (χ3n) is 10.6. The molecule has 2 N–H and O–H groups in total. The van der Waals surface area contributed by atoms with Crippen molar-refractivity contribution < 1.29 is 14.0 Å². The average Bonchev–Trinajstić information content (AvgIpc) is 3.84. The van der Waals surface area contributed by atoms with Gasteiger partial charge >= 0.3 is 0 Å². The number of aryl methyl sites for hydroxylation is 2. The number of aromatic nitrogens is 4. The summed E-state index contributed by atoms with van der Waals surface area (Å²) in [4.78, 5) is 13.9. The Hall–Kier alpha value is -3.46. The maximum absolute atomic E-state index is 10.1. The molecule has 1 spiro atoms. The second-order valence-electron chi connectivity index (χ2n) is 13.2. The second kappa shape index (κ2) is 10.6. The highest BCUT2D eigenvalue weighted by Gasteiger charge is 2.48. The zero-order valence-corrected chi connectivity index (χ0v) is 26.5. The third kappa shape index (κ3) is 4.14. The van der Waals surface area contributed by atoms with Crippen molar-refractivity contribution in [2.45, 2.75) is 95.2 Å². The number of thiophene rings is 1. The number of nitrogens with two attached hydrogens (primary N) is 1. The zero-order valence-electron chi connectivity index (χ0n) is 25.7. The number of fused-ring (bicyclic) bond motifs is 5. The van der Waals surface area contributed by atoms with Gasteiger partial charge < -0.3 is 24.3 Å². The van der Waals surface area contributed by atoms with Crippen LogP contribution in [-0.4, -0.2) is 63.5 Å². The lowest BCUT2D eigenvalue weighted by molar-refractivity contribution is 0.118. The summed E-state index contributed by atoms with van der Waals surface area (Å²) in [5.41, 5.74) is 11.6. The van der Waals surface area contributed by atoms with Crippen molar-refractivity contribution in [1.82, 2.24) is 24.6 Å². The fourth-order valence-electron chi connectivity index (χ4n) is 8.52. The molecule has 44 heavy (non-hydrogen) atoms. The molecule has 0 unspecified atom stereocenters. The van der Waals surface area contributed by atoms with Crippen molar-refractivity contribution >= 4 is 27.4 Å². The lowest BCUT2D eigenvalue weighted by Gasteiger charge is -2.39. The van der Waals surface area contributed by atoms with E-state index >= 15 is 0 Å². The monoisotopic (exact) mass is 613 g/mol. The summed E-state index contributed by atoms with van der Waals surface area (Å²) in [7, 11) is 2.17. The number of anilines is 1. The normalized spacial score (nSPS) is 25.8. The predicted octanol–water partition coefficient (Wildman–Crippen LogP) is 5.69. The Balaban J connectivity index is 1.28. The van der Waals surface area contributed by atoms with Gasteiger partial charge in [0.25, 0.3) is 0 Å². The van der Waals surface area contributed by atoms with Gasteiger partial charge in [-0.2, -0.15) is 10.2 Å². The largest absolute Gasteiger partial charge is 0.472 e. The number of hydrogen-bond donors (Lipinski definition) is 1. The molecule has 0 bridgehead atoms. The van der Waals surface area contributed by atoms with E-state index in [0.29, 0.717) is 40.7 Å². The van der Waals surface area contributed by atoms with E-state index in [2.05, 4.69) is 42.6 Å². The van der Waals surface area contributed by atoms with E-state index in [1.54, 1.807) is 11.3 Å². The first-order chi connectivity index (χ1) is 21.4. The smallest absolute Gasteiger partial charge is 0.227 e. The van der Waals surface area contributed by atoms with Gasteiger partial charge in [0.2, 0.25) is 17.5 Å². The van der Waals surface area contributed by atoms with Crippen LogP contribution in [0.1, 0.15) is 90.7 Å². The quantitative estimate of drug-likeness (QED) is 0.302. The molecule has 2 fully saturated rings. The highest BCUT2D eigenvalue weighted by atomic mass is 32.1. The molecule has 230 valence electrons. The van der Waals surface area contributed by atoms with Crippen molar-refractivity contribution in [1.29, 1.82) is 5.26 Å². The molecule has 8 rings (SSSR count). The Morgan fingerprint density at radius 3 is 2.80 bits per heavy atom. The molecule has 4 aromatic rings. The highest BCUT2D eigenvalue weighted by Crippen LogP contribution is 2.55. The minimum atomic E-state index is -0.370. The number of ether oxygens (including phenoxy) is 2. The van der Waals surface area contributed by atoms with Crippen LogP contribution in [-0.2, 0) is 23.0 Å². The van der Waals surface area contributed by atoms with E-state index in [-0.39, 0.29) is 17.6 Å². The topological polar surface area (TPSA) is 128 Å². The fraction of sp³-hybridized carbons (Fsp3) is 0.576. The summed E-state index contributed by atoms with van der Waals surface area (Å²) >= 11 is 1.56. The SMILES string of the molecule is Cc1cn([C@@H]2CCOC2)c2nc(-c3onc4c3CCC[C@@]43CCCc4sc(N)c(C#N)c43)nc(O[C@@H](C)[C@@H]3CCCN3C)c12. The second-order valence-corrected chi connectivity index (χ2v) is 14.3. The maximum Gasteiger partial charge on any atom is 0.227 e. The van der Waals surface area contributed by atoms with Gasteiger partial charge in [0.15, 0.2) is 0 Å². The Bertz CT molecular complexity index is 1790. The van der Waals surface area contributed by atoms with Gasteiger partial charge in [0.05, 0.1) is 29.3 Å². The predicted molar refractivity (Wildman–Crippen MR) is 168 cm³/mol. The summed E-state index contributed by atoms with van der Waals surface area (Å²) in [5.74, 6) is 1.71. The molecule has 11 heteroatoms. The van der Waals surface area contributed by atoms with Crippen molar-refractivity contribution in [3.63, 3.8) is 0 Å². The Labute approximate surface area is 261 Å². The lowest BCUT2D eigenvalue weighted by atomic mass is 9.62. The van der Waals surface area contributed by atoms with Crippen LogP contribution in [0.4, 0.5) is 5.00 Å². The van der Waals surface area contributed by atoms with E-state index in [1.807, 2.05) is 0 Å². The first kappa shape index (κ1) is 28.0. The van der Waals surface area contributed by atoms with Crippen LogP contribution >= 0.6 is 11.3 Å². The van der Waals surface area contributed by atoms with Crippen molar-refractivity contribution in [2.24, 2.45) is 0 Å². The van der Waals surface area contributed by atoms with Crippen LogP contribution in [0.2, 0.25) is 0 Å². The van der Waals surface area contributed by atoms with Crippen molar-refractivity contribution in [2.75, 3.05) is 32.5 Å². The molecule has 6 heterocycles. The highest BCUT2D eigenvalue weighted by molar-refractivity contribution is 7.16. The van der Waals surface area contributed by atoms with Gasteiger partial charge in [-0.25, -0.2) is 4.98 Å². The maximum atomic E-state index is 10.1. The van der Waals surface area contributed by atoms with Gasteiger partial charge in [-0.1, -0.05) is 5.16 Å². The van der Waals surface area contributed by atoms with Crippen molar-refractivity contribution in [3.8, 4) is 23.5 Å². The third-order valence-corrected chi connectivity index (χ3v) is 11.7. The Morgan fingerprint density at radius 1 is 1.20 bits per heavy atom. The Kier molecular flexibility index (Phi) is 6.74. The molecule has 2 aliphatic carbocycles. The van der Waals surface area contributed by atoms with E-state index in [9.17, 15) is 5.26 Å². The van der Waals surface area contributed by atoms with Crippen LogP contribution in [0.25, 0.3) is 22.6 Å². The number of likely N-dealkylation sites (tertiary alicyclic amines) is 1. The van der Waals surface area contributed by atoms with E-state index in [4.69, 9.17) is 34.9 Å². The standard InChI is InChI=1S/C33H39N7O3S/c1-18-16-40(20-10-14-41-17-20)31-25(18)32(42-19(2)23-8-6-13-39(23)3)37-30(36-31)27-21-7-4-11-33(28(21)38-43-27)12-5-9-24-26(33)22(15-34)29(35)44-24/h16,19-20,23H,4-14,17,35H2,1-3H3/t19-,20+,23-,33-/m0/s1. The number of likely N-dealkylation sites (N-methyl/N-ethyl adjacent to an activating group) is 1. The number of nitrogen functional groups attached to an aromatic ring is 1. The molecule has 4 aliphatic rings. The molecular weight excluding hydrogens is 574 g/mol. The molecule has 0 radical (unpaired) electrons. The lowest BCUT2D eigenvalue weighted by Crippen LogP contribution is -2.38. The number of hydrogen-bond acceptors (Lipinski definition) is 10.